The number of likely N-dealkylation sites (tertiary alicyclic amines) is 1. The number of ether oxygens (including phenoxy) is 1. The molecule has 0 aromatic heterocycles. The molecule has 0 unspecified atom stereocenters. The monoisotopic (exact) mass is 561 g/mol. The fourth-order valence-electron chi connectivity index (χ4n) is 6.00. The fourth-order valence-corrected chi connectivity index (χ4v) is 6.16. The van der Waals surface area contributed by atoms with Gasteiger partial charge in [0.1, 0.15) is 17.8 Å². The van der Waals surface area contributed by atoms with E-state index >= 15 is 0 Å². The van der Waals surface area contributed by atoms with E-state index in [0.717, 1.165) is 31.2 Å². The molecule has 1 aromatic carbocycles. The van der Waals surface area contributed by atoms with Crippen molar-refractivity contribution in [1.29, 1.82) is 0 Å². The number of carbonyl (C=O) groups excluding carboxylic acids is 2. The number of carboxylic acids is 1. The summed E-state index contributed by atoms with van der Waals surface area (Å²) >= 11 is 6.37. The van der Waals surface area contributed by atoms with Crippen LogP contribution in [0.3, 0.4) is 0 Å². The van der Waals surface area contributed by atoms with Crippen LogP contribution in [0.5, 0.6) is 5.75 Å². The van der Waals surface area contributed by atoms with Crippen molar-refractivity contribution in [2.45, 2.75) is 96.7 Å². The molecule has 4 rings (SSSR count). The van der Waals surface area contributed by atoms with Crippen molar-refractivity contribution >= 4 is 35.1 Å². The number of hydrogen-bond acceptors (Lipinski definition) is 6. The number of halogens is 1. The summed E-state index contributed by atoms with van der Waals surface area (Å²) in [5.74, 6) is -0.787. The van der Waals surface area contributed by atoms with E-state index in [1.807, 2.05) is 33.8 Å². The number of hydrogen-bond donors (Lipinski definition) is 2. The van der Waals surface area contributed by atoms with Gasteiger partial charge in [-0.15, -0.1) is 0 Å². The molecule has 10 heteroatoms. The Bertz CT molecular complexity index is 1160. The molecule has 0 bridgehead atoms. The van der Waals surface area contributed by atoms with Crippen LogP contribution in [0.1, 0.15) is 83.3 Å². The average molecular weight is 562 g/mol. The lowest BCUT2D eigenvalue weighted by Crippen LogP contribution is -2.57. The number of nitrogens with one attached hydrogen (secondary N) is 1. The summed E-state index contributed by atoms with van der Waals surface area (Å²) in [4.78, 5) is 46.5. The Morgan fingerprint density at radius 3 is 2.56 bits per heavy atom. The topological polar surface area (TPSA) is 118 Å². The van der Waals surface area contributed by atoms with E-state index in [-0.39, 0.29) is 18.9 Å². The Kier molecular flexibility index (Phi) is 8.50. The number of carboxylic acid groups (broad SMARTS) is 1. The van der Waals surface area contributed by atoms with Gasteiger partial charge in [0.05, 0.1) is 19.4 Å². The fraction of sp³-hybridized carbons (Fsp3) is 0.655. The Hall–Kier alpha value is -2.81. The molecule has 1 spiro atoms. The van der Waals surface area contributed by atoms with E-state index in [1.54, 1.807) is 13.2 Å². The molecule has 214 valence electrons. The molecule has 1 saturated heterocycles. The van der Waals surface area contributed by atoms with Gasteiger partial charge in [-0.1, -0.05) is 56.8 Å². The third kappa shape index (κ3) is 6.34. The van der Waals surface area contributed by atoms with Gasteiger partial charge in [0.2, 0.25) is 11.8 Å². The highest BCUT2D eigenvalue weighted by Crippen LogP contribution is 2.41. The van der Waals surface area contributed by atoms with E-state index in [9.17, 15) is 19.5 Å². The van der Waals surface area contributed by atoms with Crippen molar-refractivity contribution in [3.05, 3.63) is 28.3 Å². The summed E-state index contributed by atoms with van der Waals surface area (Å²) in [6.07, 6.45) is 6.25. The first-order valence-electron chi connectivity index (χ1n) is 13.8. The van der Waals surface area contributed by atoms with E-state index in [1.165, 1.54) is 11.3 Å². The molecule has 3 atom stereocenters. The van der Waals surface area contributed by atoms with E-state index in [0.29, 0.717) is 40.8 Å². The lowest BCUT2D eigenvalue weighted by Gasteiger charge is -2.35. The molecule has 1 saturated carbocycles. The molecule has 2 amide bonds. The van der Waals surface area contributed by atoms with Crippen molar-refractivity contribution in [3.63, 3.8) is 0 Å². The van der Waals surface area contributed by atoms with Crippen LogP contribution in [0.4, 0.5) is 0 Å². The zero-order chi connectivity index (χ0) is 28.5. The number of methoxy groups -OCH3 is 1. The first kappa shape index (κ1) is 29.2. The number of benzene rings is 1. The first-order valence-corrected chi connectivity index (χ1v) is 14.1. The number of carbonyl (C=O) groups is 3. The van der Waals surface area contributed by atoms with Crippen LogP contribution in [0.15, 0.2) is 17.3 Å². The standard InChI is InChI=1S/C29H40ClN3O6/c1-17-11-23(38-5)19(13-20(17)30)21-14-29(39-32-21)15-22(27(36)37)33(16-29)26(35)25(28(2,3)4)31-24(34)12-18-9-7-6-8-10-18/h11,13,18,22,25H,6-10,12,14-16H2,1-5H3,(H,31,34)(H,36,37)/t22-,25+,29+/m0/s1. The second-order valence-corrected chi connectivity index (χ2v) is 12.8. The highest BCUT2D eigenvalue weighted by molar-refractivity contribution is 6.32. The molecule has 1 aliphatic carbocycles. The number of nitrogens with zero attached hydrogens (tertiary/aromatic N) is 2. The summed E-state index contributed by atoms with van der Waals surface area (Å²) in [6.45, 7) is 7.54. The molecule has 3 aliphatic rings. The Morgan fingerprint density at radius 2 is 1.95 bits per heavy atom. The minimum atomic E-state index is -1.12. The minimum absolute atomic E-state index is 0.0444. The predicted octanol–water partition coefficient (Wildman–Crippen LogP) is 4.71. The number of aliphatic carboxylic acids is 1. The summed E-state index contributed by atoms with van der Waals surface area (Å²) in [6, 6.07) is 1.61. The van der Waals surface area contributed by atoms with Gasteiger partial charge in [-0.2, -0.15) is 0 Å². The summed E-state index contributed by atoms with van der Waals surface area (Å²) in [5.41, 5.74) is 0.492. The molecular formula is C29H40ClN3O6. The Morgan fingerprint density at radius 1 is 1.26 bits per heavy atom. The minimum Gasteiger partial charge on any atom is -0.496 e. The average Bonchev–Trinajstić information content (AvgIpc) is 3.47. The maximum absolute atomic E-state index is 13.9. The third-order valence-electron chi connectivity index (χ3n) is 8.22. The van der Waals surface area contributed by atoms with E-state index in [2.05, 4.69) is 10.5 Å². The van der Waals surface area contributed by atoms with Gasteiger partial charge in [-0.3, -0.25) is 9.59 Å². The zero-order valence-corrected chi connectivity index (χ0v) is 24.3. The third-order valence-corrected chi connectivity index (χ3v) is 8.62. The number of oxime groups is 1. The lowest BCUT2D eigenvalue weighted by atomic mass is 9.84. The summed E-state index contributed by atoms with van der Waals surface area (Å²) in [5, 5.41) is 17.9. The van der Waals surface area contributed by atoms with Crippen LogP contribution in [0.2, 0.25) is 5.02 Å². The number of aryl methyl sites for hydroxylation is 1. The molecule has 0 radical (unpaired) electrons. The number of rotatable bonds is 7. The molecule has 2 fully saturated rings. The maximum atomic E-state index is 13.9. The molecule has 39 heavy (non-hydrogen) atoms. The van der Waals surface area contributed by atoms with E-state index in [4.69, 9.17) is 21.2 Å². The van der Waals surface area contributed by atoms with E-state index < -0.39 is 35.0 Å². The summed E-state index contributed by atoms with van der Waals surface area (Å²) in [7, 11) is 1.56. The molecule has 2 N–H and O–H groups in total. The van der Waals surface area contributed by atoms with Gasteiger partial charge >= 0.3 is 5.97 Å². The second-order valence-electron chi connectivity index (χ2n) is 12.4. The zero-order valence-electron chi connectivity index (χ0n) is 23.5. The van der Waals surface area contributed by atoms with Gasteiger partial charge in [0, 0.05) is 29.8 Å². The normalized spacial score (nSPS) is 24.3. The van der Waals surface area contributed by atoms with Crippen molar-refractivity contribution < 1.29 is 29.1 Å². The smallest absolute Gasteiger partial charge is 0.326 e. The van der Waals surface area contributed by atoms with Gasteiger partial charge in [0.15, 0.2) is 5.60 Å². The highest BCUT2D eigenvalue weighted by atomic mass is 35.5. The lowest BCUT2D eigenvalue weighted by molar-refractivity contribution is -0.150. The van der Waals surface area contributed by atoms with Crippen LogP contribution in [-0.4, -0.2) is 64.8 Å². The van der Waals surface area contributed by atoms with Gasteiger partial charge < -0.3 is 24.9 Å². The van der Waals surface area contributed by atoms with Crippen LogP contribution >= 0.6 is 11.6 Å². The molecule has 2 aliphatic heterocycles. The van der Waals surface area contributed by atoms with Gasteiger partial charge in [-0.05, 0) is 48.8 Å². The molecule has 9 nitrogen and oxygen atoms in total. The van der Waals surface area contributed by atoms with Crippen LogP contribution in [0, 0.1) is 18.3 Å². The van der Waals surface area contributed by atoms with Crippen molar-refractivity contribution in [1.82, 2.24) is 10.2 Å². The van der Waals surface area contributed by atoms with Crippen LogP contribution < -0.4 is 10.1 Å². The van der Waals surface area contributed by atoms with Crippen molar-refractivity contribution in [3.8, 4) is 5.75 Å². The van der Waals surface area contributed by atoms with Crippen LogP contribution in [0.25, 0.3) is 0 Å². The second kappa shape index (κ2) is 11.4. The Balaban J connectivity index is 1.53. The predicted molar refractivity (Wildman–Crippen MR) is 148 cm³/mol. The molecule has 1 aromatic rings. The Labute approximate surface area is 235 Å². The summed E-state index contributed by atoms with van der Waals surface area (Å²) < 4.78 is 5.53. The highest BCUT2D eigenvalue weighted by Gasteiger charge is 2.55. The van der Waals surface area contributed by atoms with Crippen LogP contribution in [-0.2, 0) is 19.2 Å². The van der Waals surface area contributed by atoms with Crippen molar-refractivity contribution in [2.24, 2.45) is 16.5 Å². The van der Waals surface area contributed by atoms with Gasteiger partial charge in [0.25, 0.3) is 0 Å². The largest absolute Gasteiger partial charge is 0.496 e. The number of amides is 2. The van der Waals surface area contributed by atoms with Crippen molar-refractivity contribution in [2.75, 3.05) is 13.7 Å². The quantitative estimate of drug-likeness (QED) is 0.498. The maximum Gasteiger partial charge on any atom is 0.326 e. The SMILES string of the molecule is COc1cc(C)c(Cl)cc1C1=NO[C@]2(C1)C[C@@H](C(=O)O)N(C(=O)[C@@H](NC(=O)CC1CCCCC1)C(C)(C)C)C2. The van der Waals surface area contributed by atoms with Gasteiger partial charge in [-0.25, -0.2) is 4.79 Å². The molecular weight excluding hydrogens is 522 g/mol. The first-order chi connectivity index (χ1) is 18.3. The molecule has 2 heterocycles.